The molecule has 6 heteroatoms. The molecule has 1 aliphatic rings. The number of hydrogen-bond acceptors (Lipinski definition) is 4. The number of ether oxygens (including phenoxy) is 2. The Balaban J connectivity index is 1.84. The Hall–Kier alpha value is -2.24. The summed E-state index contributed by atoms with van der Waals surface area (Å²) in [5.74, 6) is 0.418. The van der Waals surface area contributed by atoms with Crippen molar-refractivity contribution in [3.05, 3.63) is 24.3 Å². The molecule has 1 saturated heterocycles. The van der Waals surface area contributed by atoms with Gasteiger partial charge in [0.25, 0.3) is 0 Å². The van der Waals surface area contributed by atoms with Crippen LogP contribution in [0.2, 0.25) is 0 Å². The smallest absolute Gasteiger partial charge is 0.223 e. The fourth-order valence-electron chi connectivity index (χ4n) is 2.18. The Kier molecular flexibility index (Phi) is 4.45. The molecule has 0 aliphatic carbocycles. The van der Waals surface area contributed by atoms with Gasteiger partial charge in [0.05, 0.1) is 19.6 Å². The van der Waals surface area contributed by atoms with E-state index in [1.54, 1.807) is 24.1 Å². The molecule has 0 aromatic heterocycles. The fraction of sp³-hybridized carbons (Fsp3) is 0.429. The first kappa shape index (κ1) is 14.2. The Morgan fingerprint density at radius 2 is 2.10 bits per heavy atom. The Morgan fingerprint density at radius 1 is 1.40 bits per heavy atom. The zero-order chi connectivity index (χ0) is 14.5. The van der Waals surface area contributed by atoms with Crippen molar-refractivity contribution in [1.29, 1.82) is 0 Å². The van der Waals surface area contributed by atoms with Gasteiger partial charge in [0.1, 0.15) is 6.61 Å². The molecule has 2 amide bonds. The van der Waals surface area contributed by atoms with Gasteiger partial charge >= 0.3 is 0 Å². The summed E-state index contributed by atoms with van der Waals surface area (Å²) in [6, 6.07) is 7.31. The molecule has 0 spiro atoms. The van der Waals surface area contributed by atoms with E-state index >= 15 is 0 Å². The van der Waals surface area contributed by atoms with Crippen molar-refractivity contribution in [2.75, 3.05) is 26.8 Å². The molecule has 20 heavy (non-hydrogen) atoms. The molecule has 1 aromatic rings. The van der Waals surface area contributed by atoms with Crippen molar-refractivity contribution in [2.24, 2.45) is 11.7 Å². The lowest BCUT2D eigenvalue weighted by molar-refractivity contribution is -0.128. The topological polar surface area (TPSA) is 81.9 Å². The van der Waals surface area contributed by atoms with Gasteiger partial charge in [0.15, 0.2) is 11.5 Å². The molecule has 0 radical (unpaired) electrons. The monoisotopic (exact) mass is 278 g/mol. The third-order valence-electron chi connectivity index (χ3n) is 3.30. The van der Waals surface area contributed by atoms with Gasteiger partial charge in [-0.3, -0.25) is 9.59 Å². The number of methoxy groups -OCH3 is 1. The van der Waals surface area contributed by atoms with E-state index in [1.807, 2.05) is 12.1 Å². The third-order valence-corrected chi connectivity index (χ3v) is 3.30. The van der Waals surface area contributed by atoms with Gasteiger partial charge in [-0.15, -0.1) is 0 Å². The number of hydrogen-bond donors (Lipinski definition) is 1. The lowest BCUT2D eigenvalue weighted by Crippen LogP contribution is -2.31. The summed E-state index contributed by atoms with van der Waals surface area (Å²) in [4.78, 5) is 24.4. The molecular formula is C14H18N2O4. The second-order valence-corrected chi connectivity index (χ2v) is 4.64. The molecule has 0 saturated carbocycles. The van der Waals surface area contributed by atoms with Crippen LogP contribution in [0.25, 0.3) is 0 Å². The summed E-state index contributed by atoms with van der Waals surface area (Å²) in [6.07, 6.45) is 0.198. The van der Waals surface area contributed by atoms with Crippen LogP contribution in [-0.2, 0) is 9.59 Å². The molecule has 0 bridgehead atoms. The molecule has 2 rings (SSSR count). The number of primary amides is 1. The first-order valence-corrected chi connectivity index (χ1v) is 6.44. The molecule has 1 fully saturated rings. The van der Waals surface area contributed by atoms with Crippen molar-refractivity contribution in [2.45, 2.75) is 6.42 Å². The average molecular weight is 278 g/mol. The van der Waals surface area contributed by atoms with E-state index in [4.69, 9.17) is 15.2 Å². The van der Waals surface area contributed by atoms with E-state index in [0.29, 0.717) is 31.2 Å². The zero-order valence-corrected chi connectivity index (χ0v) is 11.4. The SMILES string of the molecule is COc1ccccc1OCCN1CC(C(N)=O)CC1=O. The highest BCUT2D eigenvalue weighted by atomic mass is 16.5. The van der Waals surface area contributed by atoms with Crippen molar-refractivity contribution in [3.8, 4) is 11.5 Å². The highest BCUT2D eigenvalue weighted by molar-refractivity contribution is 5.88. The van der Waals surface area contributed by atoms with Crippen LogP contribution < -0.4 is 15.2 Å². The van der Waals surface area contributed by atoms with Crippen molar-refractivity contribution in [3.63, 3.8) is 0 Å². The summed E-state index contributed by atoms with van der Waals surface area (Å²) in [5.41, 5.74) is 5.21. The average Bonchev–Trinajstić information content (AvgIpc) is 2.81. The standard InChI is InChI=1S/C14H18N2O4/c1-19-11-4-2-3-5-12(11)20-7-6-16-9-10(14(15)18)8-13(16)17/h2-5,10H,6-9H2,1H3,(H2,15,18). The quantitative estimate of drug-likeness (QED) is 0.817. The van der Waals surface area contributed by atoms with E-state index in [1.165, 1.54) is 0 Å². The minimum Gasteiger partial charge on any atom is -0.493 e. The van der Waals surface area contributed by atoms with E-state index in [-0.39, 0.29) is 18.2 Å². The molecule has 1 aliphatic heterocycles. The molecule has 1 atom stereocenters. The lowest BCUT2D eigenvalue weighted by Gasteiger charge is -2.17. The number of likely N-dealkylation sites (tertiary alicyclic amines) is 1. The Labute approximate surface area is 117 Å². The van der Waals surface area contributed by atoms with Crippen LogP contribution in [0, 0.1) is 5.92 Å². The number of carbonyl (C=O) groups is 2. The maximum absolute atomic E-state index is 11.7. The number of carbonyl (C=O) groups excluding carboxylic acids is 2. The first-order chi connectivity index (χ1) is 9.61. The van der Waals surface area contributed by atoms with Gasteiger partial charge in [0, 0.05) is 13.0 Å². The van der Waals surface area contributed by atoms with E-state index in [9.17, 15) is 9.59 Å². The van der Waals surface area contributed by atoms with Crippen molar-refractivity contribution in [1.82, 2.24) is 4.90 Å². The van der Waals surface area contributed by atoms with Crippen LogP contribution in [0.3, 0.4) is 0 Å². The van der Waals surface area contributed by atoms with Gasteiger partial charge in [-0.1, -0.05) is 12.1 Å². The lowest BCUT2D eigenvalue weighted by atomic mass is 10.1. The molecule has 1 aromatic carbocycles. The van der Waals surface area contributed by atoms with Crippen LogP contribution in [0.5, 0.6) is 11.5 Å². The first-order valence-electron chi connectivity index (χ1n) is 6.44. The number of benzene rings is 1. The minimum absolute atomic E-state index is 0.0579. The predicted molar refractivity (Wildman–Crippen MR) is 72.4 cm³/mol. The second-order valence-electron chi connectivity index (χ2n) is 4.64. The maximum atomic E-state index is 11.7. The molecule has 6 nitrogen and oxygen atoms in total. The molecule has 2 N–H and O–H groups in total. The second kappa shape index (κ2) is 6.27. The number of rotatable bonds is 6. The third kappa shape index (κ3) is 3.20. The van der Waals surface area contributed by atoms with E-state index < -0.39 is 5.91 Å². The van der Waals surface area contributed by atoms with Crippen LogP contribution in [0.4, 0.5) is 0 Å². The largest absolute Gasteiger partial charge is 0.493 e. The number of para-hydroxylation sites is 2. The van der Waals surface area contributed by atoms with Gasteiger partial charge in [0.2, 0.25) is 11.8 Å². The van der Waals surface area contributed by atoms with Gasteiger partial charge in [-0.25, -0.2) is 0 Å². The minimum atomic E-state index is -0.425. The van der Waals surface area contributed by atoms with Crippen LogP contribution in [0.15, 0.2) is 24.3 Å². The number of amides is 2. The van der Waals surface area contributed by atoms with E-state index in [2.05, 4.69) is 0 Å². The van der Waals surface area contributed by atoms with Crippen molar-refractivity contribution < 1.29 is 19.1 Å². The van der Waals surface area contributed by atoms with Gasteiger partial charge in [-0.2, -0.15) is 0 Å². The molecule has 1 unspecified atom stereocenters. The highest BCUT2D eigenvalue weighted by Crippen LogP contribution is 2.25. The fourth-order valence-corrected chi connectivity index (χ4v) is 2.18. The molecule has 108 valence electrons. The number of nitrogens with zero attached hydrogens (tertiary/aromatic N) is 1. The molecule has 1 heterocycles. The van der Waals surface area contributed by atoms with Crippen LogP contribution in [-0.4, -0.2) is 43.5 Å². The Morgan fingerprint density at radius 3 is 2.70 bits per heavy atom. The van der Waals surface area contributed by atoms with Crippen LogP contribution in [0.1, 0.15) is 6.42 Å². The summed E-state index contributed by atoms with van der Waals surface area (Å²) < 4.78 is 10.8. The Bertz CT molecular complexity index is 504. The van der Waals surface area contributed by atoms with E-state index in [0.717, 1.165) is 0 Å². The predicted octanol–water partition coefficient (Wildman–Crippen LogP) is 0.408. The maximum Gasteiger partial charge on any atom is 0.223 e. The number of nitrogens with two attached hydrogens (primary N) is 1. The zero-order valence-electron chi connectivity index (χ0n) is 11.4. The molecular weight excluding hydrogens is 260 g/mol. The summed E-state index contributed by atoms with van der Waals surface area (Å²) in [7, 11) is 1.57. The summed E-state index contributed by atoms with van der Waals surface area (Å²) >= 11 is 0. The summed E-state index contributed by atoms with van der Waals surface area (Å²) in [5, 5.41) is 0. The van der Waals surface area contributed by atoms with Crippen LogP contribution >= 0.6 is 0 Å². The van der Waals surface area contributed by atoms with Crippen molar-refractivity contribution >= 4 is 11.8 Å². The van der Waals surface area contributed by atoms with Gasteiger partial charge in [-0.05, 0) is 12.1 Å². The van der Waals surface area contributed by atoms with Gasteiger partial charge < -0.3 is 20.1 Å². The summed E-state index contributed by atoms with van der Waals surface area (Å²) in [6.45, 7) is 1.15. The normalized spacial score (nSPS) is 18.1. The highest BCUT2D eigenvalue weighted by Gasteiger charge is 2.32.